The molecule has 0 saturated heterocycles. The van der Waals surface area contributed by atoms with Crippen LogP contribution in [0.4, 0.5) is 0 Å². The third-order valence-corrected chi connectivity index (χ3v) is 3.05. The zero-order valence-corrected chi connectivity index (χ0v) is 9.72. The highest BCUT2D eigenvalue weighted by Crippen LogP contribution is 2.17. The lowest BCUT2D eigenvalue weighted by Gasteiger charge is -1.97. The summed E-state index contributed by atoms with van der Waals surface area (Å²) in [5.41, 5.74) is 6.22. The Kier molecular flexibility index (Phi) is 4.65. The van der Waals surface area contributed by atoms with Crippen molar-refractivity contribution < 1.29 is 4.79 Å². The highest BCUT2D eigenvalue weighted by Gasteiger charge is 2.11. The van der Waals surface area contributed by atoms with Crippen LogP contribution in [-0.4, -0.2) is 10.8 Å². The maximum Gasteiger partial charge on any atom is 0.182 e. The summed E-state index contributed by atoms with van der Waals surface area (Å²) in [5, 5.41) is 2.61. The first-order valence-electron chi connectivity index (χ1n) is 5.00. The number of nitrogens with two attached hydrogens (primary N) is 1. The van der Waals surface area contributed by atoms with Gasteiger partial charge in [-0.15, -0.1) is 17.9 Å². The zero-order valence-electron chi connectivity index (χ0n) is 8.90. The van der Waals surface area contributed by atoms with Crippen LogP contribution in [0, 0.1) is 0 Å². The lowest BCUT2D eigenvalue weighted by molar-refractivity contribution is 0.0976. The number of hydrogen-bond donors (Lipinski definition) is 1. The van der Waals surface area contributed by atoms with E-state index in [1.165, 1.54) is 11.3 Å². The molecule has 0 aliphatic carbocycles. The summed E-state index contributed by atoms with van der Waals surface area (Å²) in [5.74, 6) is 0.0972. The second-order valence-electron chi connectivity index (χ2n) is 3.46. The number of nitrogens with zero attached hydrogens (tertiary/aromatic N) is 1. The molecule has 2 N–H and O–H groups in total. The Balaban J connectivity index is 2.54. The third kappa shape index (κ3) is 3.57. The zero-order chi connectivity index (χ0) is 11.3. The van der Waals surface area contributed by atoms with Gasteiger partial charge in [0.15, 0.2) is 5.78 Å². The summed E-state index contributed by atoms with van der Waals surface area (Å²) in [7, 11) is 0. The van der Waals surface area contributed by atoms with Crippen molar-refractivity contribution in [2.75, 3.05) is 0 Å². The smallest absolute Gasteiger partial charge is 0.182 e. The van der Waals surface area contributed by atoms with Gasteiger partial charge in [0.1, 0.15) is 10.7 Å². The second-order valence-corrected chi connectivity index (χ2v) is 4.35. The first-order chi connectivity index (χ1) is 7.15. The number of thiazole rings is 1. The quantitative estimate of drug-likeness (QED) is 0.459. The van der Waals surface area contributed by atoms with Gasteiger partial charge >= 0.3 is 0 Å². The number of Topliss-reactive ketones (excluding diaryl/α,β-unsaturated/α-hetero) is 1. The van der Waals surface area contributed by atoms with Gasteiger partial charge in [-0.2, -0.15) is 0 Å². The van der Waals surface area contributed by atoms with Gasteiger partial charge in [0.05, 0.1) is 6.04 Å². The second kappa shape index (κ2) is 5.78. The SMILES string of the molecule is C=CCCCC(=O)c1csc(C(C)N)n1. The van der Waals surface area contributed by atoms with Crippen LogP contribution in [0.3, 0.4) is 0 Å². The van der Waals surface area contributed by atoms with Crippen molar-refractivity contribution in [3.8, 4) is 0 Å². The number of ketones is 1. The van der Waals surface area contributed by atoms with E-state index in [1.807, 2.05) is 13.0 Å². The normalized spacial score (nSPS) is 12.4. The molecule has 0 fully saturated rings. The van der Waals surface area contributed by atoms with E-state index in [1.54, 1.807) is 5.38 Å². The molecule has 0 aromatic carbocycles. The van der Waals surface area contributed by atoms with E-state index in [0.29, 0.717) is 12.1 Å². The molecule has 0 aliphatic rings. The van der Waals surface area contributed by atoms with Crippen LogP contribution in [0.15, 0.2) is 18.0 Å². The van der Waals surface area contributed by atoms with Crippen LogP contribution in [-0.2, 0) is 0 Å². The van der Waals surface area contributed by atoms with Crippen molar-refractivity contribution >= 4 is 17.1 Å². The molecule has 1 heterocycles. The molecule has 4 heteroatoms. The number of unbranched alkanes of at least 4 members (excludes halogenated alkanes) is 1. The fourth-order valence-electron chi connectivity index (χ4n) is 1.16. The number of carbonyl (C=O) groups is 1. The molecule has 1 aromatic heterocycles. The molecule has 1 aromatic rings. The third-order valence-electron chi connectivity index (χ3n) is 2.01. The summed E-state index contributed by atoms with van der Waals surface area (Å²) < 4.78 is 0. The summed E-state index contributed by atoms with van der Waals surface area (Å²) in [6.07, 6.45) is 4.07. The molecule has 0 saturated carbocycles. The van der Waals surface area contributed by atoms with Crippen molar-refractivity contribution in [1.29, 1.82) is 0 Å². The molecular formula is C11H16N2OS. The molecule has 82 valence electrons. The standard InChI is InChI=1S/C11H16N2OS/c1-3-4-5-6-10(14)9-7-15-11(13-9)8(2)12/h3,7-8H,1,4-6,12H2,2H3. The first kappa shape index (κ1) is 12.1. The van der Waals surface area contributed by atoms with Gasteiger partial charge in [-0.25, -0.2) is 4.98 Å². The molecule has 0 aliphatic heterocycles. The van der Waals surface area contributed by atoms with Crippen molar-refractivity contribution in [1.82, 2.24) is 4.98 Å². The minimum absolute atomic E-state index is 0.0928. The van der Waals surface area contributed by atoms with Crippen molar-refractivity contribution in [3.05, 3.63) is 28.7 Å². The van der Waals surface area contributed by atoms with E-state index >= 15 is 0 Å². The molecule has 0 bridgehead atoms. The molecular weight excluding hydrogens is 208 g/mol. The van der Waals surface area contributed by atoms with E-state index in [0.717, 1.165) is 17.8 Å². The minimum Gasteiger partial charge on any atom is -0.322 e. The monoisotopic (exact) mass is 224 g/mol. The fraction of sp³-hybridized carbons (Fsp3) is 0.455. The minimum atomic E-state index is -0.0928. The van der Waals surface area contributed by atoms with Crippen LogP contribution in [0.1, 0.15) is 47.7 Å². The number of rotatable bonds is 6. The van der Waals surface area contributed by atoms with Gasteiger partial charge in [-0.3, -0.25) is 4.79 Å². The van der Waals surface area contributed by atoms with E-state index in [9.17, 15) is 4.79 Å². The van der Waals surface area contributed by atoms with E-state index in [2.05, 4.69) is 11.6 Å². The van der Waals surface area contributed by atoms with Gasteiger partial charge in [0, 0.05) is 11.8 Å². The molecule has 1 unspecified atom stereocenters. The van der Waals surface area contributed by atoms with Crippen LogP contribution < -0.4 is 5.73 Å². The summed E-state index contributed by atoms with van der Waals surface area (Å²) in [4.78, 5) is 15.8. The average molecular weight is 224 g/mol. The van der Waals surface area contributed by atoms with Crippen LogP contribution in [0.5, 0.6) is 0 Å². The van der Waals surface area contributed by atoms with Crippen LogP contribution >= 0.6 is 11.3 Å². The molecule has 15 heavy (non-hydrogen) atoms. The fourth-order valence-corrected chi connectivity index (χ4v) is 1.94. The van der Waals surface area contributed by atoms with Gasteiger partial charge in [0.2, 0.25) is 0 Å². The highest BCUT2D eigenvalue weighted by atomic mass is 32.1. The van der Waals surface area contributed by atoms with Gasteiger partial charge in [-0.05, 0) is 19.8 Å². The molecule has 1 rings (SSSR count). The Labute approximate surface area is 94.0 Å². The van der Waals surface area contributed by atoms with E-state index in [4.69, 9.17) is 5.73 Å². The maximum atomic E-state index is 11.6. The predicted octanol–water partition coefficient (Wildman–Crippen LogP) is 2.70. The molecule has 1 atom stereocenters. The maximum absolute atomic E-state index is 11.6. The van der Waals surface area contributed by atoms with Crippen molar-refractivity contribution in [2.45, 2.75) is 32.2 Å². The number of aromatic nitrogens is 1. The van der Waals surface area contributed by atoms with Gasteiger partial charge < -0.3 is 5.73 Å². The Morgan fingerprint density at radius 3 is 3.07 bits per heavy atom. The highest BCUT2D eigenvalue weighted by molar-refractivity contribution is 7.09. The predicted molar refractivity (Wildman–Crippen MR) is 63.1 cm³/mol. The van der Waals surface area contributed by atoms with Crippen LogP contribution in [0.2, 0.25) is 0 Å². The first-order valence-corrected chi connectivity index (χ1v) is 5.88. The Bertz CT molecular complexity index is 344. The lowest BCUT2D eigenvalue weighted by atomic mass is 10.1. The Morgan fingerprint density at radius 1 is 1.80 bits per heavy atom. The Hall–Kier alpha value is -1.00. The van der Waals surface area contributed by atoms with Crippen LogP contribution in [0.25, 0.3) is 0 Å². The molecule has 0 radical (unpaired) electrons. The molecule has 0 amide bonds. The van der Waals surface area contributed by atoms with Gasteiger partial charge in [0.25, 0.3) is 0 Å². The summed E-state index contributed by atoms with van der Waals surface area (Å²) in [6, 6.07) is -0.0928. The molecule has 3 nitrogen and oxygen atoms in total. The van der Waals surface area contributed by atoms with E-state index < -0.39 is 0 Å². The van der Waals surface area contributed by atoms with E-state index in [-0.39, 0.29) is 11.8 Å². The average Bonchev–Trinajstić information content (AvgIpc) is 2.66. The number of hydrogen-bond acceptors (Lipinski definition) is 4. The largest absolute Gasteiger partial charge is 0.322 e. The number of carbonyl (C=O) groups excluding carboxylic acids is 1. The summed E-state index contributed by atoms with van der Waals surface area (Å²) >= 11 is 1.45. The topological polar surface area (TPSA) is 56.0 Å². The summed E-state index contributed by atoms with van der Waals surface area (Å²) in [6.45, 7) is 5.48. The van der Waals surface area contributed by atoms with Gasteiger partial charge in [-0.1, -0.05) is 6.08 Å². The lowest BCUT2D eigenvalue weighted by Crippen LogP contribution is -2.06. The number of allylic oxidation sites excluding steroid dienone is 1. The Morgan fingerprint density at radius 2 is 2.53 bits per heavy atom. The van der Waals surface area contributed by atoms with Crippen molar-refractivity contribution in [3.63, 3.8) is 0 Å². The molecule has 0 spiro atoms. The van der Waals surface area contributed by atoms with Crippen molar-refractivity contribution in [2.24, 2.45) is 5.73 Å².